The largest absolute Gasteiger partial charge is 0.481 e. The van der Waals surface area contributed by atoms with Crippen molar-refractivity contribution >= 4 is 36.6 Å². The molecule has 0 aromatic carbocycles. The Balaban J connectivity index is 4.21. The van der Waals surface area contributed by atoms with Gasteiger partial charge in [-0.3, -0.25) is 14.4 Å². The number of hydrogen-bond donors (Lipinski definition) is 5. The third-order valence-corrected chi connectivity index (χ3v) is 2.46. The van der Waals surface area contributed by atoms with Gasteiger partial charge in [0.1, 0.15) is 19.2 Å². The summed E-state index contributed by atoms with van der Waals surface area (Å²) in [7, 11) is 0. The van der Waals surface area contributed by atoms with Crippen LogP contribution in [0.15, 0.2) is 0 Å². The van der Waals surface area contributed by atoms with Crippen molar-refractivity contribution in [3.63, 3.8) is 0 Å². The van der Waals surface area contributed by atoms with E-state index in [-0.39, 0.29) is 12.4 Å². The molecule has 0 aromatic rings. The Morgan fingerprint density at radius 2 is 1.85 bits per heavy atom. The van der Waals surface area contributed by atoms with Crippen LogP contribution in [0.2, 0.25) is 0 Å². The summed E-state index contributed by atoms with van der Waals surface area (Å²) in [4.78, 5) is 43.6. The summed E-state index contributed by atoms with van der Waals surface area (Å²) in [5, 5.41) is 21.2. The maximum absolute atomic E-state index is 11.5. The number of aliphatic carboxylic acids is 2. The van der Waals surface area contributed by atoms with E-state index in [0.29, 0.717) is 0 Å². The first kappa shape index (κ1) is 18.0. The summed E-state index contributed by atoms with van der Waals surface area (Å²) in [5.74, 6) is -4.03. The molecule has 0 saturated carbocycles. The van der Waals surface area contributed by atoms with Gasteiger partial charge in [-0.15, -0.1) is 0 Å². The fraction of sp³-hybridized carbons (Fsp3) is 0.600. The van der Waals surface area contributed by atoms with Crippen molar-refractivity contribution in [1.82, 2.24) is 10.6 Å². The lowest BCUT2D eigenvalue weighted by molar-refractivity contribution is -0.142. The zero-order valence-electron chi connectivity index (χ0n) is 10.7. The van der Waals surface area contributed by atoms with Gasteiger partial charge in [0.2, 0.25) is 5.91 Å². The highest BCUT2D eigenvalue weighted by molar-refractivity contribution is 7.80. The van der Waals surface area contributed by atoms with Crippen LogP contribution in [0.4, 0.5) is 4.79 Å². The number of nitrogens with one attached hydrogen (secondary N) is 2. The van der Waals surface area contributed by atoms with E-state index in [2.05, 4.69) is 28.0 Å². The van der Waals surface area contributed by atoms with Crippen LogP contribution in [0.25, 0.3) is 0 Å². The highest BCUT2D eigenvalue weighted by atomic mass is 32.1. The van der Waals surface area contributed by atoms with Crippen LogP contribution in [0.3, 0.4) is 0 Å². The predicted octanol–water partition coefficient (Wildman–Crippen LogP) is -1.07. The minimum Gasteiger partial charge on any atom is -0.481 e. The molecule has 0 aliphatic heterocycles. The lowest BCUT2D eigenvalue weighted by atomic mass is 10.2. The van der Waals surface area contributed by atoms with Crippen LogP contribution >= 0.6 is 12.6 Å². The van der Waals surface area contributed by atoms with Crippen LogP contribution in [0.5, 0.6) is 0 Å². The number of carboxylic acid groups (broad SMARTS) is 2. The first-order chi connectivity index (χ1) is 9.27. The molecular weight excluding hydrogens is 292 g/mol. The molecule has 0 aliphatic carbocycles. The first-order valence-corrected chi connectivity index (χ1v) is 6.17. The monoisotopic (exact) mass is 308 g/mol. The fourth-order valence-electron chi connectivity index (χ4n) is 0.936. The summed E-state index contributed by atoms with van der Waals surface area (Å²) in [6.45, 7) is 0.415. The second-order valence-corrected chi connectivity index (χ2v) is 4.19. The summed E-state index contributed by atoms with van der Waals surface area (Å²) >= 11 is 3.84. The van der Waals surface area contributed by atoms with Crippen LogP contribution < -0.4 is 10.6 Å². The number of carbonyl (C=O) groups excluding carboxylic acids is 2. The van der Waals surface area contributed by atoms with E-state index < -0.39 is 42.4 Å². The molecule has 9 nitrogen and oxygen atoms in total. The molecule has 0 rings (SSSR count). The number of alkyl carbamates (subject to hydrolysis) is 1. The highest BCUT2D eigenvalue weighted by Gasteiger charge is 2.21. The lowest BCUT2D eigenvalue weighted by Gasteiger charge is -2.16. The van der Waals surface area contributed by atoms with Gasteiger partial charge in [-0.05, 0) is 6.92 Å². The SMILES string of the molecule is C[C@@H](COC(=O)N[C@@H](CS)C(=O)NCC(=O)O)C(=O)O. The Morgan fingerprint density at radius 1 is 1.25 bits per heavy atom. The number of rotatable bonds is 8. The first-order valence-electron chi connectivity index (χ1n) is 5.54. The van der Waals surface area contributed by atoms with E-state index >= 15 is 0 Å². The number of carboxylic acids is 2. The van der Waals surface area contributed by atoms with E-state index in [1.807, 2.05) is 0 Å². The zero-order chi connectivity index (χ0) is 15.7. The van der Waals surface area contributed by atoms with Crippen LogP contribution in [0.1, 0.15) is 6.92 Å². The molecule has 20 heavy (non-hydrogen) atoms. The van der Waals surface area contributed by atoms with Crippen molar-refractivity contribution in [1.29, 1.82) is 0 Å². The average Bonchev–Trinajstić information content (AvgIpc) is 2.38. The molecule has 0 fully saturated rings. The molecule has 114 valence electrons. The van der Waals surface area contributed by atoms with Gasteiger partial charge in [-0.25, -0.2) is 4.79 Å². The van der Waals surface area contributed by atoms with E-state index in [0.717, 1.165) is 0 Å². The molecule has 0 radical (unpaired) electrons. The Kier molecular flexibility index (Phi) is 8.13. The summed E-state index contributed by atoms with van der Waals surface area (Å²) in [6.07, 6.45) is -0.984. The standard InChI is InChI=1S/C10H16N2O7S/c1-5(9(16)17)3-19-10(18)12-6(4-20)8(15)11-2-7(13)14/h5-6,20H,2-4H2,1H3,(H,11,15)(H,12,18)(H,13,14)(H,16,17)/t5-,6-/m0/s1. The lowest BCUT2D eigenvalue weighted by Crippen LogP contribution is -2.49. The van der Waals surface area contributed by atoms with Crippen molar-refractivity contribution in [3.8, 4) is 0 Å². The van der Waals surface area contributed by atoms with Gasteiger partial charge in [-0.2, -0.15) is 12.6 Å². The molecule has 10 heteroatoms. The number of thiol groups is 1. The van der Waals surface area contributed by atoms with Crippen molar-refractivity contribution in [2.24, 2.45) is 5.92 Å². The second kappa shape index (κ2) is 9.02. The van der Waals surface area contributed by atoms with Crippen LogP contribution in [-0.4, -0.2) is 59.1 Å². The van der Waals surface area contributed by atoms with Gasteiger partial charge in [0.05, 0.1) is 5.92 Å². The maximum atomic E-state index is 11.5. The molecule has 0 bridgehead atoms. The zero-order valence-corrected chi connectivity index (χ0v) is 11.6. The number of ether oxygens (including phenoxy) is 1. The predicted molar refractivity (Wildman–Crippen MR) is 69.6 cm³/mol. The van der Waals surface area contributed by atoms with Crippen LogP contribution in [-0.2, 0) is 19.1 Å². The Hall–Kier alpha value is -1.97. The maximum Gasteiger partial charge on any atom is 0.407 e. The highest BCUT2D eigenvalue weighted by Crippen LogP contribution is 1.97. The summed E-state index contributed by atoms with van der Waals surface area (Å²) < 4.78 is 4.61. The van der Waals surface area contributed by atoms with Crippen LogP contribution in [0, 0.1) is 5.92 Å². The van der Waals surface area contributed by atoms with Crippen molar-refractivity contribution in [2.75, 3.05) is 18.9 Å². The van der Waals surface area contributed by atoms with E-state index in [9.17, 15) is 19.2 Å². The molecule has 0 spiro atoms. The minimum atomic E-state index is -1.23. The van der Waals surface area contributed by atoms with Crippen molar-refractivity contribution in [3.05, 3.63) is 0 Å². The Morgan fingerprint density at radius 3 is 2.30 bits per heavy atom. The van der Waals surface area contributed by atoms with Gasteiger partial charge < -0.3 is 25.6 Å². The van der Waals surface area contributed by atoms with E-state index in [1.165, 1.54) is 6.92 Å². The summed E-state index contributed by atoms with van der Waals surface area (Å²) in [5.41, 5.74) is 0. The molecule has 0 saturated heterocycles. The topological polar surface area (TPSA) is 142 Å². The second-order valence-electron chi connectivity index (χ2n) is 3.83. The van der Waals surface area contributed by atoms with Crippen molar-refractivity contribution < 1.29 is 34.1 Å². The molecule has 0 unspecified atom stereocenters. The van der Waals surface area contributed by atoms with Crippen molar-refractivity contribution in [2.45, 2.75) is 13.0 Å². The molecular formula is C10H16N2O7S. The molecule has 0 aromatic heterocycles. The molecule has 0 aliphatic rings. The fourth-order valence-corrected chi connectivity index (χ4v) is 1.19. The molecule has 4 N–H and O–H groups in total. The third kappa shape index (κ3) is 7.46. The number of hydrogen-bond acceptors (Lipinski definition) is 6. The molecule has 0 heterocycles. The molecule has 2 atom stereocenters. The smallest absolute Gasteiger partial charge is 0.407 e. The Bertz CT molecular complexity index is 388. The quantitative estimate of drug-likeness (QED) is 0.359. The van der Waals surface area contributed by atoms with E-state index in [4.69, 9.17) is 10.2 Å². The average molecular weight is 308 g/mol. The van der Waals surface area contributed by atoms with Gasteiger partial charge in [0.15, 0.2) is 0 Å². The van der Waals surface area contributed by atoms with Gasteiger partial charge in [-0.1, -0.05) is 0 Å². The Labute approximate surface area is 120 Å². The van der Waals surface area contributed by atoms with E-state index in [1.54, 1.807) is 0 Å². The minimum absolute atomic E-state index is 0.0744. The number of carbonyl (C=O) groups is 4. The number of amides is 2. The summed E-state index contributed by atoms with van der Waals surface area (Å²) in [6, 6.07) is -1.08. The van der Waals surface area contributed by atoms with Gasteiger partial charge in [0, 0.05) is 5.75 Å². The molecule has 2 amide bonds. The van der Waals surface area contributed by atoms with Gasteiger partial charge >= 0.3 is 18.0 Å². The third-order valence-electron chi connectivity index (χ3n) is 2.09. The van der Waals surface area contributed by atoms with Gasteiger partial charge in [0.25, 0.3) is 0 Å². The normalized spacial score (nSPS) is 12.9.